The fourth-order valence-corrected chi connectivity index (χ4v) is 5.90. The number of hydrogen-bond acceptors (Lipinski definition) is 5. The van der Waals surface area contributed by atoms with Crippen LogP contribution in [0.15, 0.2) is 54.6 Å². The lowest BCUT2D eigenvalue weighted by molar-refractivity contribution is -0.133. The van der Waals surface area contributed by atoms with Gasteiger partial charge in [-0.15, -0.1) is 0 Å². The number of carbonyl (C=O) groups excluding carboxylic acids is 2. The number of nitrogens with zero attached hydrogens (tertiary/aromatic N) is 4. The summed E-state index contributed by atoms with van der Waals surface area (Å²) in [6.07, 6.45) is 5.11. The number of rotatable bonds is 7. The second kappa shape index (κ2) is 9.19. The Kier molecular flexibility index (Phi) is 5.88. The number of carbonyl (C=O) groups is 2. The van der Waals surface area contributed by atoms with E-state index < -0.39 is 5.54 Å². The molecule has 184 valence electrons. The SMILES string of the molecule is O=C1c2ccccc2OCN1CCCN1CCC2(CC1)C(=O)N(CC1CC1)CN2c1ccccc1. The lowest BCUT2D eigenvalue weighted by Crippen LogP contribution is -2.56. The van der Waals surface area contributed by atoms with Gasteiger partial charge >= 0.3 is 0 Å². The maximum absolute atomic E-state index is 13.7. The van der Waals surface area contributed by atoms with E-state index in [1.165, 1.54) is 12.8 Å². The highest BCUT2D eigenvalue weighted by molar-refractivity contribution is 5.97. The lowest BCUT2D eigenvalue weighted by Gasteiger charge is -2.43. The zero-order valence-electron chi connectivity index (χ0n) is 20.3. The number of hydrogen-bond donors (Lipinski definition) is 0. The summed E-state index contributed by atoms with van der Waals surface area (Å²) >= 11 is 0. The largest absolute Gasteiger partial charge is 0.472 e. The van der Waals surface area contributed by atoms with Crippen molar-refractivity contribution in [3.63, 3.8) is 0 Å². The molecule has 3 heterocycles. The Labute approximate surface area is 207 Å². The summed E-state index contributed by atoms with van der Waals surface area (Å²) in [7, 11) is 0. The molecule has 0 radical (unpaired) electrons. The van der Waals surface area contributed by atoms with Crippen molar-refractivity contribution in [2.75, 3.05) is 51.0 Å². The molecule has 7 heteroatoms. The summed E-state index contributed by atoms with van der Waals surface area (Å²) in [6, 6.07) is 17.9. The summed E-state index contributed by atoms with van der Waals surface area (Å²) < 4.78 is 5.76. The average molecular weight is 475 g/mol. The van der Waals surface area contributed by atoms with Gasteiger partial charge in [-0.05, 0) is 68.8 Å². The van der Waals surface area contributed by atoms with Gasteiger partial charge in [0.05, 0.1) is 12.2 Å². The molecule has 3 aliphatic heterocycles. The highest BCUT2D eigenvalue weighted by atomic mass is 16.5. The molecule has 2 aromatic rings. The van der Waals surface area contributed by atoms with Gasteiger partial charge in [0, 0.05) is 31.9 Å². The smallest absolute Gasteiger partial charge is 0.260 e. The number of piperidine rings is 1. The zero-order chi connectivity index (χ0) is 23.8. The molecule has 0 atom stereocenters. The van der Waals surface area contributed by atoms with Crippen LogP contribution in [0.3, 0.4) is 0 Å². The van der Waals surface area contributed by atoms with E-state index in [9.17, 15) is 9.59 Å². The van der Waals surface area contributed by atoms with Crippen molar-refractivity contribution in [3.8, 4) is 5.75 Å². The van der Waals surface area contributed by atoms with Crippen LogP contribution in [0.1, 0.15) is 42.5 Å². The number of likely N-dealkylation sites (tertiary alicyclic amines) is 1. The van der Waals surface area contributed by atoms with E-state index in [0.717, 1.165) is 51.1 Å². The van der Waals surface area contributed by atoms with Gasteiger partial charge in [-0.1, -0.05) is 30.3 Å². The van der Waals surface area contributed by atoms with E-state index in [0.29, 0.717) is 43.1 Å². The summed E-state index contributed by atoms with van der Waals surface area (Å²) in [5.41, 5.74) is 1.37. The first kappa shape index (κ1) is 22.4. The van der Waals surface area contributed by atoms with Gasteiger partial charge in [0.1, 0.15) is 11.3 Å². The predicted octanol–water partition coefficient (Wildman–Crippen LogP) is 3.42. The van der Waals surface area contributed by atoms with Crippen LogP contribution in [0, 0.1) is 5.92 Å². The molecule has 6 rings (SSSR count). The molecule has 3 fully saturated rings. The van der Waals surface area contributed by atoms with Gasteiger partial charge in [-0.2, -0.15) is 0 Å². The zero-order valence-corrected chi connectivity index (χ0v) is 20.3. The number of fused-ring (bicyclic) bond motifs is 1. The van der Waals surface area contributed by atoms with Gasteiger partial charge in [0.15, 0.2) is 6.73 Å². The third-order valence-electron chi connectivity index (χ3n) is 8.12. The molecule has 0 aromatic heterocycles. The molecular formula is C28H34N4O3. The second-order valence-electron chi connectivity index (χ2n) is 10.4. The third kappa shape index (κ3) is 4.27. The van der Waals surface area contributed by atoms with Crippen molar-refractivity contribution in [2.45, 2.75) is 37.6 Å². The Morgan fingerprint density at radius 2 is 1.63 bits per heavy atom. The van der Waals surface area contributed by atoms with Gasteiger partial charge in [-0.25, -0.2) is 0 Å². The normalized spacial score (nSPS) is 22.0. The van der Waals surface area contributed by atoms with Crippen molar-refractivity contribution in [2.24, 2.45) is 5.92 Å². The minimum atomic E-state index is -0.423. The minimum absolute atomic E-state index is 0.0512. The molecule has 0 unspecified atom stereocenters. The maximum atomic E-state index is 13.7. The van der Waals surface area contributed by atoms with Crippen LogP contribution in [0.25, 0.3) is 0 Å². The Bertz CT molecular complexity index is 1080. The lowest BCUT2D eigenvalue weighted by atomic mass is 9.85. The van der Waals surface area contributed by atoms with Crippen molar-refractivity contribution in [1.29, 1.82) is 0 Å². The minimum Gasteiger partial charge on any atom is -0.472 e. The number of anilines is 1. The fraction of sp³-hybridized carbons (Fsp3) is 0.500. The fourth-order valence-electron chi connectivity index (χ4n) is 5.90. The molecule has 7 nitrogen and oxygen atoms in total. The first-order valence-electron chi connectivity index (χ1n) is 13.0. The Balaban J connectivity index is 1.07. The van der Waals surface area contributed by atoms with Crippen LogP contribution in [0.5, 0.6) is 5.75 Å². The average Bonchev–Trinajstić information content (AvgIpc) is 3.68. The van der Waals surface area contributed by atoms with Gasteiger partial charge in [-0.3, -0.25) is 9.59 Å². The molecule has 1 spiro atoms. The summed E-state index contributed by atoms with van der Waals surface area (Å²) in [5.74, 6) is 1.74. The number of amides is 2. The Morgan fingerprint density at radius 1 is 0.886 bits per heavy atom. The molecule has 0 bridgehead atoms. The molecule has 2 amide bonds. The molecule has 0 N–H and O–H groups in total. The number of benzene rings is 2. The second-order valence-corrected chi connectivity index (χ2v) is 10.4. The van der Waals surface area contributed by atoms with E-state index in [4.69, 9.17) is 4.74 Å². The van der Waals surface area contributed by atoms with E-state index in [1.54, 1.807) is 4.90 Å². The standard InChI is InChI=1S/C28H34N4O3/c33-26-24-9-4-5-10-25(24)35-21-30(26)16-6-15-29-17-13-28(14-18-29)27(34)31(19-22-11-12-22)20-32(28)23-7-2-1-3-8-23/h1-5,7-10,22H,6,11-21H2. The van der Waals surface area contributed by atoms with Crippen LogP contribution in [-0.4, -0.2) is 78.2 Å². The highest BCUT2D eigenvalue weighted by Crippen LogP contribution is 2.41. The Morgan fingerprint density at radius 3 is 2.40 bits per heavy atom. The Hall–Kier alpha value is -3.06. The van der Waals surface area contributed by atoms with E-state index >= 15 is 0 Å². The molecule has 2 saturated heterocycles. The van der Waals surface area contributed by atoms with Crippen LogP contribution < -0.4 is 9.64 Å². The summed E-state index contributed by atoms with van der Waals surface area (Å²) in [5, 5.41) is 0. The van der Waals surface area contributed by atoms with Gasteiger partial charge in [0.2, 0.25) is 5.91 Å². The maximum Gasteiger partial charge on any atom is 0.260 e. The molecule has 1 aliphatic carbocycles. The summed E-state index contributed by atoms with van der Waals surface area (Å²) in [4.78, 5) is 35.2. The van der Waals surface area contributed by atoms with Crippen LogP contribution in [-0.2, 0) is 4.79 Å². The van der Waals surface area contributed by atoms with Gasteiger partial charge < -0.3 is 24.3 Å². The van der Waals surface area contributed by atoms with Crippen molar-refractivity contribution >= 4 is 17.5 Å². The van der Waals surface area contributed by atoms with E-state index in [2.05, 4.69) is 39.0 Å². The number of ether oxygens (including phenoxy) is 1. The number of para-hydroxylation sites is 2. The summed E-state index contributed by atoms with van der Waals surface area (Å²) in [6.45, 7) is 5.34. The van der Waals surface area contributed by atoms with Crippen molar-refractivity contribution in [3.05, 3.63) is 60.2 Å². The predicted molar refractivity (Wildman–Crippen MR) is 134 cm³/mol. The molecular weight excluding hydrogens is 440 g/mol. The van der Waals surface area contributed by atoms with Gasteiger partial charge in [0.25, 0.3) is 5.91 Å². The first-order valence-corrected chi connectivity index (χ1v) is 13.0. The molecule has 2 aromatic carbocycles. The highest BCUT2D eigenvalue weighted by Gasteiger charge is 2.54. The van der Waals surface area contributed by atoms with Crippen molar-refractivity contribution < 1.29 is 14.3 Å². The first-order chi connectivity index (χ1) is 17.1. The van der Waals surface area contributed by atoms with E-state index in [-0.39, 0.29) is 5.91 Å². The molecule has 1 saturated carbocycles. The van der Waals surface area contributed by atoms with Crippen LogP contribution in [0.2, 0.25) is 0 Å². The molecule has 4 aliphatic rings. The van der Waals surface area contributed by atoms with E-state index in [1.807, 2.05) is 30.3 Å². The topological polar surface area (TPSA) is 56.3 Å². The quantitative estimate of drug-likeness (QED) is 0.616. The van der Waals surface area contributed by atoms with Crippen LogP contribution >= 0.6 is 0 Å². The van der Waals surface area contributed by atoms with Crippen molar-refractivity contribution in [1.82, 2.24) is 14.7 Å². The molecule has 35 heavy (non-hydrogen) atoms. The third-order valence-corrected chi connectivity index (χ3v) is 8.12. The van der Waals surface area contributed by atoms with Crippen LogP contribution in [0.4, 0.5) is 5.69 Å². The monoisotopic (exact) mass is 474 g/mol.